The first-order chi connectivity index (χ1) is 5.83. The first kappa shape index (κ1) is 7.35. The maximum Gasteiger partial charge on any atom is 0.106 e. The number of nitriles is 1. The smallest absolute Gasteiger partial charge is 0.106 e. The van der Waals surface area contributed by atoms with Gasteiger partial charge >= 0.3 is 0 Å². The minimum Gasteiger partial charge on any atom is -0.332 e. The Kier molecular flexibility index (Phi) is 1.61. The predicted molar refractivity (Wildman–Crippen MR) is 44.6 cm³/mol. The first-order valence-corrected chi connectivity index (χ1v) is 4.24. The summed E-state index contributed by atoms with van der Waals surface area (Å²) in [5.41, 5.74) is 2.28. The molecule has 0 spiro atoms. The van der Waals surface area contributed by atoms with Crippen LogP contribution in [-0.2, 0) is 19.4 Å². The molecule has 0 bridgehead atoms. The first-order valence-electron chi connectivity index (χ1n) is 4.24. The van der Waals surface area contributed by atoms with E-state index in [4.69, 9.17) is 5.26 Å². The van der Waals surface area contributed by atoms with Gasteiger partial charge in [-0.2, -0.15) is 5.26 Å². The third kappa shape index (κ3) is 0.918. The van der Waals surface area contributed by atoms with Gasteiger partial charge in [0.1, 0.15) is 5.82 Å². The van der Waals surface area contributed by atoms with E-state index >= 15 is 0 Å². The molecule has 2 rings (SSSR count). The van der Waals surface area contributed by atoms with Gasteiger partial charge in [-0.1, -0.05) is 0 Å². The summed E-state index contributed by atoms with van der Waals surface area (Å²) in [7, 11) is 0. The topological polar surface area (TPSA) is 41.6 Å². The Morgan fingerprint density at radius 1 is 1.67 bits per heavy atom. The van der Waals surface area contributed by atoms with Crippen molar-refractivity contribution in [2.45, 2.75) is 32.7 Å². The molecule has 0 aromatic carbocycles. The summed E-state index contributed by atoms with van der Waals surface area (Å²) in [5, 5.41) is 8.56. The number of hydrogen-bond donors (Lipinski definition) is 0. The Labute approximate surface area is 71.6 Å². The van der Waals surface area contributed by atoms with Crippen LogP contribution in [0.2, 0.25) is 0 Å². The molecular weight excluding hydrogens is 150 g/mol. The zero-order valence-corrected chi connectivity index (χ0v) is 7.17. The summed E-state index contributed by atoms with van der Waals surface area (Å²) < 4.78 is 2.23. The fraction of sp³-hybridized carbons (Fsp3) is 0.556. The summed E-state index contributed by atoms with van der Waals surface area (Å²) in [4.78, 5) is 4.36. The molecule has 0 saturated carbocycles. The van der Waals surface area contributed by atoms with E-state index in [0.29, 0.717) is 6.42 Å². The molecule has 3 heteroatoms. The van der Waals surface area contributed by atoms with Crippen molar-refractivity contribution in [1.82, 2.24) is 9.55 Å². The van der Waals surface area contributed by atoms with Gasteiger partial charge in [0.15, 0.2) is 0 Å². The Morgan fingerprint density at radius 2 is 2.50 bits per heavy atom. The molecule has 0 N–H and O–H groups in total. The van der Waals surface area contributed by atoms with E-state index in [9.17, 15) is 0 Å². The Bertz CT molecular complexity index is 343. The van der Waals surface area contributed by atoms with Crippen molar-refractivity contribution in [1.29, 1.82) is 5.26 Å². The van der Waals surface area contributed by atoms with Gasteiger partial charge in [-0.05, 0) is 19.8 Å². The Hall–Kier alpha value is -1.30. The van der Waals surface area contributed by atoms with Gasteiger partial charge < -0.3 is 4.57 Å². The van der Waals surface area contributed by atoms with Crippen LogP contribution in [0.15, 0.2) is 0 Å². The molecule has 1 aliphatic heterocycles. The summed E-state index contributed by atoms with van der Waals surface area (Å²) in [6.45, 7) is 3.09. The normalized spacial score (nSPS) is 14.3. The van der Waals surface area contributed by atoms with Crippen LogP contribution >= 0.6 is 0 Å². The largest absolute Gasteiger partial charge is 0.332 e. The van der Waals surface area contributed by atoms with Crippen LogP contribution in [0.25, 0.3) is 0 Å². The molecule has 0 amide bonds. The van der Waals surface area contributed by atoms with Crippen molar-refractivity contribution in [3.05, 3.63) is 17.2 Å². The number of aromatic nitrogens is 2. The number of nitrogens with zero attached hydrogens (tertiary/aromatic N) is 3. The van der Waals surface area contributed by atoms with Crippen LogP contribution in [0.1, 0.15) is 23.6 Å². The quantitative estimate of drug-likeness (QED) is 0.621. The average Bonchev–Trinajstić information content (AvgIpc) is 2.58. The van der Waals surface area contributed by atoms with Gasteiger partial charge in [-0.25, -0.2) is 4.98 Å². The summed E-state index contributed by atoms with van der Waals surface area (Å²) in [6, 6.07) is 2.15. The second kappa shape index (κ2) is 2.63. The Morgan fingerprint density at radius 3 is 3.25 bits per heavy atom. The highest BCUT2D eigenvalue weighted by atomic mass is 15.1. The molecular formula is C9H11N3. The molecule has 0 radical (unpaired) electrons. The molecule has 2 heterocycles. The number of fused-ring (bicyclic) bond motifs is 1. The van der Waals surface area contributed by atoms with E-state index in [1.54, 1.807) is 0 Å². The highest BCUT2D eigenvalue weighted by molar-refractivity contribution is 5.22. The van der Waals surface area contributed by atoms with Gasteiger partial charge in [-0.15, -0.1) is 0 Å². The molecule has 0 fully saturated rings. The average molecular weight is 161 g/mol. The van der Waals surface area contributed by atoms with E-state index in [-0.39, 0.29) is 0 Å². The van der Waals surface area contributed by atoms with E-state index < -0.39 is 0 Å². The van der Waals surface area contributed by atoms with Crippen molar-refractivity contribution >= 4 is 0 Å². The molecule has 62 valence electrons. The molecule has 12 heavy (non-hydrogen) atoms. The lowest BCUT2D eigenvalue weighted by Gasteiger charge is -1.96. The molecule has 0 unspecified atom stereocenters. The van der Waals surface area contributed by atoms with E-state index in [2.05, 4.69) is 15.6 Å². The van der Waals surface area contributed by atoms with Crippen molar-refractivity contribution in [3.63, 3.8) is 0 Å². The molecule has 1 aromatic heterocycles. The van der Waals surface area contributed by atoms with E-state index in [0.717, 1.165) is 24.5 Å². The fourth-order valence-electron chi connectivity index (χ4n) is 1.87. The Balaban J connectivity index is 2.45. The number of hydrogen-bond acceptors (Lipinski definition) is 2. The molecule has 0 atom stereocenters. The van der Waals surface area contributed by atoms with E-state index in [1.165, 1.54) is 12.1 Å². The SMILES string of the molecule is Cc1nc(CC#N)c2n1CCC2. The highest BCUT2D eigenvalue weighted by Gasteiger charge is 2.18. The predicted octanol–water partition coefficient (Wildman–Crippen LogP) is 1.20. The van der Waals surface area contributed by atoms with E-state index in [1.807, 2.05) is 6.92 Å². The lowest BCUT2D eigenvalue weighted by atomic mass is 10.2. The summed E-state index contributed by atoms with van der Waals surface area (Å²) >= 11 is 0. The van der Waals surface area contributed by atoms with Crippen LogP contribution in [0.5, 0.6) is 0 Å². The maximum atomic E-state index is 8.56. The van der Waals surface area contributed by atoms with Crippen LogP contribution in [0.4, 0.5) is 0 Å². The second-order valence-electron chi connectivity index (χ2n) is 3.14. The van der Waals surface area contributed by atoms with Crippen LogP contribution in [0, 0.1) is 18.3 Å². The fourth-order valence-corrected chi connectivity index (χ4v) is 1.87. The van der Waals surface area contributed by atoms with Crippen molar-refractivity contribution in [3.8, 4) is 6.07 Å². The summed E-state index contributed by atoms with van der Waals surface area (Å²) in [6.07, 6.45) is 2.76. The maximum absolute atomic E-state index is 8.56. The van der Waals surface area contributed by atoms with Gasteiger partial charge in [0.2, 0.25) is 0 Å². The third-order valence-corrected chi connectivity index (χ3v) is 2.39. The number of imidazole rings is 1. The van der Waals surface area contributed by atoms with Crippen LogP contribution in [-0.4, -0.2) is 9.55 Å². The summed E-state index contributed by atoms with van der Waals surface area (Å²) in [5.74, 6) is 1.06. The molecule has 1 aliphatic rings. The zero-order chi connectivity index (χ0) is 8.55. The third-order valence-electron chi connectivity index (χ3n) is 2.39. The zero-order valence-electron chi connectivity index (χ0n) is 7.17. The van der Waals surface area contributed by atoms with Crippen molar-refractivity contribution in [2.24, 2.45) is 0 Å². The standard InChI is InChI=1S/C9H11N3/c1-7-11-8(4-5-10)9-3-2-6-12(7)9/h2-4,6H2,1H3. The second-order valence-corrected chi connectivity index (χ2v) is 3.14. The van der Waals surface area contributed by atoms with Gasteiger partial charge in [0, 0.05) is 12.2 Å². The molecule has 3 nitrogen and oxygen atoms in total. The minimum atomic E-state index is 0.461. The molecule has 0 aliphatic carbocycles. The van der Waals surface area contributed by atoms with Crippen LogP contribution in [0.3, 0.4) is 0 Å². The molecule has 1 aromatic rings. The van der Waals surface area contributed by atoms with Gasteiger partial charge in [0.25, 0.3) is 0 Å². The minimum absolute atomic E-state index is 0.461. The van der Waals surface area contributed by atoms with Gasteiger partial charge in [-0.3, -0.25) is 0 Å². The van der Waals surface area contributed by atoms with Crippen molar-refractivity contribution in [2.75, 3.05) is 0 Å². The monoisotopic (exact) mass is 161 g/mol. The number of rotatable bonds is 1. The lowest BCUT2D eigenvalue weighted by molar-refractivity contribution is 0.716. The number of aryl methyl sites for hydroxylation is 1. The van der Waals surface area contributed by atoms with Crippen molar-refractivity contribution < 1.29 is 0 Å². The lowest BCUT2D eigenvalue weighted by Crippen LogP contribution is -1.94. The van der Waals surface area contributed by atoms with Gasteiger partial charge in [0.05, 0.1) is 18.2 Å². The molecule has 0 saturated heterocycles. The highest BCUT2D eigenvalue weighted by Crippen LogP contribution is 2.20. The van der Waals surface area contributed by atoms with Crippen LogP contribution < -0.4 is 0 Å².